The summed E-state index contributed by atoms with van der Waals surface area (Å²) >= 11 is 0. The zero-order valence-corrected chi connectivity index (χ0v) is 13.5. The molecule has 1 fully saturated rings. The smallest absolute Gasteiger partial charge is 0.00750 e. The summed E-state index contributed by atoms with van der Waals surface area (Å²) in [6.07, 6.45) is 5.41. The summed E-state index contributed by atoms with van der Waals surface area (Å²) in [5.74, 6) is 0.907. The van der Waals surface area contributed by atoms with Gasteiger partial charge in [-0.1, -0.05) is 67.9 Å². The molecule has 2 aromatic rings. The summed E-state index contributed by atoms with van der Waals surface area (Å²) in [4.78, 5) is 0. The first-order valence-electron chi connectivity index (χ1n) is 8.24. The summed E-state index contributed by atoms with van der Waals surface area (Å²) in [6.45, 7) is 6.97. The van der Waals surface area contributed by atoms with E-state index in [4.69, 9.17) is 0 Å². The molecule has 0 spiro atoms. The fraction of sp³-hybridized carbons (Fsp3) is 0.429. The second kappa shape index (κ2) is 5.67. The minimum absolute atomic E-state index is 0.387. The van der Waals surface area contributed by atoms with E-state index in [1.165, 1.54) is 47.9 Å². The maximum atomic E-state index is 2.44. The van der Waals surface area contributed by atoms with E-state index in [9.17, 15) is 0 Å². The molecule has 3 rings (SSSR count). The van der Waals surface area contributed by atoms with Crippen LogP contribution < -0.4 is 0 Å². The first-order chi connectivity index (χ1) is 10.1. The third-order valence-electron chi connectivity index (χ3n) is 5.34. The molecular weight excluding hydrogens is 252 g/mol. The second-order valence-corrected chi connectivity index (χ2v) is 7.19. The minimum atomic E-state index is 0.387. The quantitative estimate of drug-likeness (QED) is 0.620. The number of rotatable bonds is 2. The maximum Gasteiger partial charge on any atom is -0.00750 e. The predicted octanol–water partition coefficient (Wildman–Crippen LogP) is 6.13. The van der Waals surface area contributed by atoms with Crippen LogP contribution in [0.4, 0.5) is 0 Å². The van der Waals surface area contributed by atoms with E-state index < -0.39 is 0 Å². The van der Waals surface area contributed by atoms with E-state index in [2.05, 4.69) is 69.3 Å². The van der Waals surface area contributed by atoms with Gasteiger partial charge in [0.05, 0.1) is 0 Å². The van der Waals surface area contributed by atoms with Gasteiger partial charge in [-0.3, -0.25) is 0 Å². The highest BCUT2D eigenvalue weighted by molar-refractivity contribution is 5.64. The van der Waals surface area contributed by atoms with Gasteiger partial charge < -0.3 is 0 Å². The van der Waals surface area contributed by atoms with E-state index in [-0.39, 0.29) is 0 Å². The van der Waals surface area contributed by atoms with Crippen molar-refractivity contribution in [1.82, 2.24) is 0 Å². The van der Waals surface area contributed by atoms with Crippen LogP contribution in [-0.4, -0.2) is 0 Å². The first kappa shape index (κ1) is 14.4. The number of aryl methyl sites for hydroxylation is 1. The van der Waals surface area contributed by atoms with Gasteiger partial charge in [-0.25, -0.2) is 0 Å². The van der Waals surface area contributed by atoms with Crippen molar-refractivity contribution in [1.29, 1.82) is 0 Å². The van der Waals surface area contributed by atoms with Crippen molar-refractivity contribution in [3.05, 3.63) is 59.7 Å². The normalized spacial score (nSPS) is 25.8. The Hall–Kier alpha value is -1.56. The second-order valence-electron chi connectivity index (χ2n) is 7.19. The van der Waals surface area contributed by atoms with Crippen LogP contribution in [0.15, 0.2) is 48.5 Å². The van der Waals surface area contributed by atoms with Gasteiger partial charge in [0.15, 0.2) is 0 Å². The van der Waals surface area contributed by atoms with Crippen LogP contribution >= 0.6 is 0 Å². The third-order valence-corrected chi connectivity index (χ3v) is 5.34. The van der Waals surface area contributed by atoms with E-state index >= 15 is 0 Å². The lowest BCUT2D eigenvalue weighted by Gasteiger charge is -2.37. The van der Waals surface area contributed by atoms with Gasteiger partial charge in [-0.05, 0) is 60.6 Å². The summed E-state index contributed by atoms with van der Waals surface area (Å²) in [7, 11) is 0. The van der Waals surface area contributed by atoms with Crippen molar-refractivity contribution < 1.29 is 0 Å². The van der Waals surface area contributed by atoms with E-state index in [1.54, 1.807) is 0 Å². The van der Waals surface area contributed by atoms with Gasteiger partial charge in [0.2, 0.25) is 0 Å². The highest BCUT2D eigenvalue weighted by Gasteiger charge is 2.30. The van der Waals surface area contributed by atoms with Crippen LogP contribution in [0.2, 0.25) is 0 Å². The van der Waals surface area contributed by atoms with Crippen molar-refractivity contribution in [3.8, 4) is 11.1 Å². The maximum absolute atomic E-state index is 2.44. The highest BCUT2D eigenvalue weighted by atomic mass is 14.4. The lowest BCUT2D eigenvalue weighted by molar-refractivity contribution is 0.261. The molecule has 0 unspecified atom stereocenters. The SMILES string of the molecule is Cc1ccc(-c2ccc(C3(C)CCC(C)CC3)cc2)cc1. The molecule has 1 aliphatic carbocycles. The Kier molecular flexibility index (Phi) is 3.89. The highest BCUT2D eigenvalue weighted by Crippen LogP contribution is 2.41. The molecule has 0 saturated heterocycles. The van der Waals surface area contributed by atoms with Crippen molar-refractivity contribution in [2.24, 2.45) is 5.92 Å². The molecule has 0 heteroatoms. The Morgan fingerprint density at radius 2 is 1.29 bits per heavy atom. The molecule has 0 aromatic heterocycles. The number of hydrogen-bond donors (Lipinski definition) is 0. The van der Waals surface area contributed by atoms with E-state index in [0.29, 0.717) is 5.41 Å². The zero-order chi connectivity index (χ0) is 14.9. The van der Waals surface area contributed by atoms with Gasteiger partial charge in [0.1, 0.15) is 0 Å². The molecule has 0 nitrogen and oxygen atoms in total. The lowest BCUT2D eigenvalue weighted by Crippen LogP contribution is -2.27. The molecule has 0 heterocycles. The first-order valence-corrected chi connectivity index (χ1v) is 8.24. The van der Waals surface area contributed by atoms with Crippen molar-refractivity contribution in [3.63, 3.8) is 0 Å². The summed E-state index contributed by atoms with van der Waals surface area (Å²) in [5, 5.41) is 0. The molecule has 2 aromatic carbocycles. The van der Waals surface area contributed by atoms with Gasteiger partial charge in [-0.15, -0.1) is 0 Å². The Labute approximate surface area is 129 Å². The lowest BCUT2D eigenvalue weighted by atomic mass is 9.68. The molecule has 0 N–H and O–H groups in total. The Morgan fingerprint density at radius 3 is 1.81 bits per heavy atom. The predicted molar refractivity (Wildman–Crippen MR) is 91.6 cm³/mol. The number of hydrogen-bond acceptors (Lipinski definition) is 0. The van der Waals surface area contributed by atoms with Crippen LogP contribution in [0, 0.1) is 12.8 Å². The largest absolute Gasteiger partial charge is 0.0625 e. The summed E-state index contributed by atoms with van der Waals surface area (Å²) in [6, 6.07) is 18.1. The monoisotopic (exact) mass is 278 g/mol. The molecule has 0 amide bonds. The molecule has 1 saturated carbocycles. The van der Waals surface area contributed by atoms with Crippen LogP contribution in [0.5, 0.6) is 0 Å². The summed E-state index contributed by atoms with van der Waals surface area (Å²) < 4.78 is 0. The minimum Gasteiger partial charge on any atom is -0.0625 e. The Bertz CT molecular complexity index is 581. The van der Waals surface area contributed by atoms with Crippen LogP contribution in [0.3, 0.4) is 0 Å². The number of benzene rings is 2. The van der Waals surface area contributed by atoms with E-state index in [1.807, 2.05) is 0 Å². The van der Waals surface area contributed by atoms with Gasteiger partial charge >= 0.3 is 0 Å². The van der Waals surface area contributed by atoms with E-state index in [0.717, 1.165) is 5.92 Å². The Morgan fingerprint density at radius 1 is 0.810 bits per heavy atom. The standard InChI is InChI=1S/C21H26/c1-16-4-6-18(7-5-16)19-8-10-20(11-9-19)21(3)14-12-17(2)13-15-21/h4-11,17H,12-15H2,1-3H3. The van der Waals surface area contributed by atoms with Crippen LogP contribution in [-0.2, 0) is 5.41 Å². The molecular formula is C21H26. The van der Waals surface area contributed by atoms with Crippen molar-refractivity contribution in [2.75, 3.05) is 0 Å². The topological polar surface area (TPSA) is 0 Å². The van der Waals surface area contributed by atoms with Crippen LogP contribution in [0.25, 0.3) is 11.1 Å². The van der Waals surface area contributed by atoms with Crippen molar-refractivity contribution >= 4 is 0 Å². The van der Waals surface area contributed by atoms with Gasteiger partial charge in [-0.2, -0.15) is 0 Å². The fourth-order valence-corrected chi connectivity index (χ4v) is 3.50. The molecule has 0 bridgehead atoms. The third kappa shape index (κ3) is 3.05. The molecule has 0 radical (unpaired) electrons. The molecule has 1 aliphatic rings. The molecule has 110 valence electrons. The average molecular weight is 278 g/mol. The molecule has 0 atom stereocenters. The molecule has 21 heavy (non-hydrogen) atoms. The fourth-order valence-electron chi connectivity index (χ4n) is 3.50. The van der Waals surface area contributed by atoms with Crippen LogP contribution in [0.1, 0.15) is 50.7 Å². The van der Waals surface area contributed by atoms with Gasteiger partial charge in [0.25, 0.3) is 0 Å². The molecule has 0 aliphatic heterocycles. The van der Waals surface area contributed by atoms with Gasteiger partial charge in [0, 0.05) is 0 Å². The van der Waals surface area contributed by atoms with Crippen molar-refractivity contribution in [2.45, 2.75) is 51.9 Å². The Balaban J connectivity index is 1.82. The zero-order valence-electron chi connectivity index (χ0n) is 13.5. The summed E-state index contributed by atoms with van der Waals surface area (Å²) in [5.41, 5.74) is 5.86. The average Bonchev–Trinajstić information content (AvgIpc) is 2.51.